The molecule has 1 unspecified atom stereocenters. The summed E-state index contributed by atoms with van der Waals surface area (Å²) in [5.74, 6) is -4.04. The first-order chi connectivity index (χ1) is 23.9. The Kier molecular flexibility index (Phi) is 9.36. The quantitative estimate of drug-likeness (QED) is 0.246. The number of ether oxygens (including phenoxy) is 3. The second-order valence-electron chi connectivity index (χ2n) is 15.9. The number of aliphatic hydroxyl groups is 3. The van der Waals surface area contributed by atoms with E-state index >= 15 is 0 Å². The maximum atomic E-state index is 14.9. The van der Waals surface area contributed by atoms with E-state index in [0.29, 0.717) is 23.3 Å². The van der Waals surface area contributed by atoms with Gasteiger partial charge in [0.2, 0.25) is 0 Å². The van der Waals surface area contributed by atoms with Crippen LogP contribution in [0, 0.1) is 28.1 Å². The summed E-state index contributed by atoms with van der Waals surface area (Å²) in [5, 5.41) is 39.1. The number of benzene rings is 2. The van der Waals surface area contributed by atoms with Gasteiger partial charge in [0.1, 0.15) is 6.10 Å². The highest BCUT2D eigenvalue weighted by Gasteiger charge is 2.73. The number of esters is 2. The van der Waals surface area contributed by atoms with Gasteiger partial charge in [0.05, 0.1) is 35.9 Å². The van der Waals surface area contributed by atoms with Crippen LogP contribution in [0.25, 0.3) is 0 Å². The lowest BCUT2D eigenvalue weighted by Crippen LogP contribution is -2.75. The molecule has 11 heteroatoms. The molecule has 0 spiro atoms. The molecule has 1 aliphatic heterocycles. The molecule has 0 radical (unpaired) electrons. The van der Waals surface area contributed by atoms with E-state index in [2.05, 4.69) is 5.32 Å². The van der Waals surface area contributed by atoms with Crippen LogP contribution in [0.3, 0.4) is 0 Å². The average Bonchev–Trinajstić information content (AvgIpc) is 3.09. The van der Waals surface area contributed by atoms with Gasteiger partial charge >= 0.3 is 11.9 Å². The Hall–Kier alpha value is -3.90. The van der Waals surface area contributed by atoms with E-state index in [1.54, 1.807) is 88.4 Å². The highest BCUT2D eigenvalue weighted by atomic mass is 16.6. The molecule has 4 N–H and O–H groups in total. The van der Waals surface area contributed by atoms with E-state index in [4.69, 9.17) is 14.2 Å². The zero-order valence-corrected chi connectivity index (χ0v) is 30.2. The SMILES string of the molecule is CC(=O)O[C@H]1C(=O)[C@]2(C)[C@@H](O)CC3OC[C@@]3(C)[C@H]2[C@H](C)[C@]2(O)C[C@H](OC(=O)[C@H](O)[C@@H](NC(=O)c3ccccc3)c3ccccc3)C(C)=C1C2(C)C. The smallest absolute Gasteiger partial charge is 0.338 e. The Labute approximate surface area is 298 Å². The summed E-state index contributed by atoms with van der Waals surface area (Å²) >= 11 is 0. The van der Waals surface area contributed by atoms with E-state index < -0.39 is 87.8 Å². The fourth-order valence-electron chi connectivity index (χ4n) is 9.98. The normalized spacial score (nSPS) is 36.5. The largest absolute Gasteiger partial charge is 0.456 e. The predicted molar refractivity (Wildman–Crippen MR) is 185 cm³/mol. The number of carbonyl (C=O) groups excluding carboxylic acids is 4. The second kappa shape index (κ2) is 12.9. The van der Waals surface area contributed by atoms with Gasteiger partial charge in [0.15, 0.2) is 18.0 Å². The Morgan fingerprint density at radius 2 is 1.59 bits per heavy atom. The number of nitrogens with one attached hydrogen (secondary N) is 1. The van der Waals surface area contributed by atoms with E-state index in [1.165, 1.54) is 6.92 Å². The van der Waals surface area contributed by atoms with Crippen molar-refractivity contribution in [2.45, 2.75) is 103 Å². The minimum atomic E-state index is -1.86. The van der Waals surface area contributed by atoms with Gasteiger partial charge in [-0.2, -0.15) is 0 Å². The molecule has 3 fully saturated rings. The standard InChI is InChI=1S/C40H49NO10/c1-21-26(51-36(47)31(44)30(24-14-10-8-11-15-24)41-35(46)25-16-12-9-13-17-25)19-40(48)22(2)33-38(6)20-49-28(38)18-27(43)39(33,7)34(45)32(50-23(3)42)29(21)37(40,4)5/h8-17,22,26-28,30-33,43-44,48H,18-20H2,1-7H3,(H,41,46)/t22-,26-,27-,28?,30-,31+,32+,33+,38+,39+,40+/m0/s1. The van der Waals surface area contributed by atoms with Crippen LogP contribution in [0.4, 0.5) is 0 Å². The minimum absolute atomic E-state index is 0.105. The molecule has 3 aliphatic carbocycles. The van der Waals surface area contributed by atoms with Crippen molar-refractivity contribution in [3.63, 3.8) is 0 Å². The van der Waals surface area contributed by atoms with Crippen LogP contribution < -0.4 is 5.32 Å². The summed E-state index contributed by atoms with van der Waals surface area (Å²) in [6.45, 7) is 12.3. The molecule has 11 nitrogen and oxygen atoms in total. The number of rotatable bonds is 7. The zero-order valence-electron chi connectivity index (χ0n) is 30.2. The molecule has 0 aromatic heterocycles. The summed E-state index contributed by atoms with van der Waals surface area (Å²) in [6.07, 6.45) is -5.86. The van der Waals surface area contributed by atoms with E-state index in [-0.39, 0.29) is 24.5 Å². The first-order valence-corrected chi connectivity index (χ1v) is 17.6. The molecule has 2 saturated carbocycles. The van der Waals surface area contributed by atoms with Gasteiger partial charge in [-0.05, 0) is 54.5 Å². The number of aliphatic hydroxyl groups excluding tert-OH is 2. The minimum Gasteiger partial charge on any atom is -0.456 e. The van der Waals surface area contributed by atoms with Crippen LogP contribution in [-0.4, -0.2) is 81.7 Å². The maximum absolute atomic E-state index is 14.9. The lowest BCUT2D eigenvalue weighted by Gasteiger charge is -2.68. The Bertz CT molecular complexity index is 1740. The van der Waals surface area contributed by atoms with Gasteiger partial charge in [-0.1, -0.05) is 76.2 Å². The third-order valence-corrected chi connectivity index (χ3v) is 12.8. The molecule has 2 aromatic rings. The van der Waals surface area contributed by atoms with Gasteiger partial charge in [-0.15, -0.1) is 0 Å². The van der Waals surface area contributed by atoms with E-state index in [0.717, 1.165) is 0 Å². The molecule has 51 heavy (non-hydrogen) atoms. The molecule has 6 rings (SSSR count). The second-order valence-corrected chi connectivity index (χ2v) is 15.9. The van der Waals surface area contributed by atoms with Crippen molar-refractivity contribution < 1.29 is 48.7 Å². The van der Waals surface area contributed by atoms with Gasteiger partial charge in [-0.25, -0.2) is 4.79 Å². The van der Waals surface area contributed by atoms with Crippen molar-refractivity contribution >= 4 is 23.6 Å². The molecule has 1 saturated heterocycles. The number of Topliss-reactive ketones (excluding diaryl/α,β-unsaturated/α-hetero) is 1. The van der Waals surface area contributed by atoms with Gasteiger partial charge in [0, 0.05) is 36.2 Å². The van der Waals surface area contributed by atoms with Crippen molar-refractivity contribution in [3.05, 3.63) is 82.9 Å². The van der Waals surface area contributed by atoms with Crippen molar-refractivity contribution in [1.82, 2.24) is 5.32 Å². The van der Waals surface area contributed by atoms with Gasteiger partial charge < -0.3 is 34.8 Å². The van der Waals surface area contributed by atoms with Crippen LogP contribution in [0.5, 0.6) is 0 Å². The molecular formula is C40H49NO10. The summed E-state index contributed by atoms with van der Waals surface area (Å²) in [5.41, 5.74) is -3.37. The van der Waals surface area contributed by atoms with E-state index in [1.807, 2.05) is 13.8 Å². The van der Waals surface area contributed by atoms with E-state index in [9.17, 15) is 34.5 Å². The Morgan fingerprint density at radius 3 is 2.16 bits per heavy atom. The fraction of sp³-hybridized carbons (Fsp3) is 0.550. The first kappa shape index (κ1) is 36.9. The van der Waals surface area contributed by atoms with Crippen molar-refractivity contribution in [2.24, 2.45) is 28.1 Å². The molecule has 274 valence electrons. The lowest BCUT2D eigenvalue weighted by molar-refractivity contribution is -0.302. The van der Waals surface area contributed by atoms with Crippen LogP contribution in [0.2, 0.25) is 0 Å². The van der Waals surface area contributed by atoms with Crippen LogP contribution in [-0.2, 0) is 28.6 Å². The van der Waals surface area contributed by atoms with Crippen molar-refractivity contribution in [3.8, 4) is 0 Å². The summed E-state index contributed by atoms with van der Waals surface area (Å²) in [6, 6.07) is 15.8. The summed E-state index contributed by atoms with van der Waals surface area (Å²) < 4.78 is 17.8. The maximum Gasteiger partial charge on any atom is 0.338 e. The zero-order chi connectivity index (χ0) is 37.3. The number of fused-ring (bicyclic) bond motifs is 5. The summed E-state index contributed by atoms with van der Waals surface area (Å²) in [7, 11) is 0. The number of carbonyl (C=O) groups is 4. The molecule has 1 heterocycles. The Balaban J connectivity index is 1.42. The molecule has 4 aliphatic rings. The first-order valence-electron chi connectivity index (χ1n) is 17.6. The molecule has 1 amide bonds. The predicted octanol–water partition coefficient (Wildman–Crippen LogP) is 3.85. The number of hydrogen-bond donors (Lipinski definition) is 4. The monoisotopic (exact) mass is 703 g/mol. The molecular weight excluding hydrogens is 654 g/mol. The number of amides is 1. The van der Waals surface area contributed by atoms with Crippen LogP contribution >= 0.6 is 0 Å². The highest BCUT2D eigenvalue weighted by Crippen LogP contribution is 2.67. The van der Waals surface area contributed by atoms with Crippen molar-refractivity contribution in [2.75, 3.05) is 6.61 Å². The summed E-state index contributed by atoms with van der Waals surface area (Å²) in [4.78, 5) is 54.8. The van der Waals surface area contributed by atoms with Crippen LogP contribution in [0.15, 0.2) is 71.8 Å². The molecule has 2 bridgehead atoms. The average molecular weight is 704 g/mol. The van der Waals surface area contributed by atoms with Gasteiger partial charge in [0.25, 0.3) is 5.91 Å². The highest BCUT2D eigenvalue weighted by molar-refractivity contribution is 5.95. The fourth-order valence-corrected chi connectivity index (χ4v) is 9.98. The molecule has 2 aromatic carbocycles. The van der Waals surface area contributed by atoms with Crippen LogP contribution in [0.1, 0.15) is 83.3 Å². The number of hydrogen-bond acceptors (Lipinski definition) is 10. The van der Waals surface area contributed by atoms with Crippen molar-refractivity contribution in [1.29, 1.82) is 0 Å². The number of ketones is 1. The third kappa shape index (κ3) is 5.64. The molecule has 11 atom stereocenters. The lowest BCUT2D eigenvalue weighted by atomic mass is 9.40. The topological polar surface area (TPSA) is 169 Å². The third-order valence-electron chi connectivity index (χ3n) is 12.8. The Morgan fingerprint density at radius 1 is 0.980 bits per heavy atom. The van der Waals surface area contributed by atoms with Gasteiger partial charge in [-0.3, -0.25) is 14.4 Å².